The van der Waals surface area contributed by atoms with Gasteiger partial charge in [-0.05, 0) is 53.7 Å². The average molecular weight is 708 g/mol. The molecule has 0 saturated heterocycles. The van der Waals surface area contributed by atoms with Gasteiger partial charge in [0.05, 0.1) is 0 Å². The third-order valence-corrected chi connectivity index (χ3v) is 11.7. The number of benzene rings is 4. The second-order valence-corrected chi connectivity index (χ2v) is 14.0. The summed E-state index contributed by atoms with van der Waals surface area (Å²) in [6.07, 6.45) is 3.93. The Balaban J connectivity index is 0.00000480. The van der Waals surface area contributed by atoms with E-state index in [0.29, 0.717) is 17.7 Å². The monoisotopic (exact) mass is 707 g/mol. The summed E-state index contributed by atoms with van der Waals surface area (Å²) in [6.45, 7) is 0. The molecule has 0 unspecified atom stereocenters. The van der Waals surface area contributed by atoms with Gasteiger partial charge in [-0.15, -0.1) is 10.2 Å². The second kappa shape index (κ2) is 17.4. The van der Waals surface area contributed by atoms with Crippen LogP contribution in [-0.4, -0.2) is 40.1 Å². The molecule has 5 aromatic rings. The number of aromatic nitrogens is 1. The van der Waals surface area contributed by atoms with Gasteiger partial charge >= 0.3 is 17.1 Å². The van der Waals surface area contributed by atoms with Gasteiger partial charge in [0.1, 0.15) is 40.9 Å². The molecule has 0 saturated carbocycles. The molecule has 4 aromatic carbocycles. The summed E-state index contributed by atoms with van der Waals surface area (Å²) in [4.78, 5) is 4.15. The molecule has 46 heavy (non-hydrogen) atoms. The number of amidine groups is 2. The van der Waals surface area contributed by atoms with E-state index < -0.39 is 7.26 Å². The van der Waals surface area contributed by atoms with E-state index in [0.717, 1.165) is 11.1 Å². The molecule has 233 valence electrons. The summed E-state index contributed by atoms with van der Waals surface area (Å²) in [6, 6.07) is 45.1. The van der Waals surface area contributed by atoms with Crippen LogP contribution in [0.3, 0.4) is 0 Å². The predicted octanol–water partition coefficient (Wildman–Crippen LogP) is 4.75. The maximum Gasteiger partial charge on any atom is 2.00 e. The van der Waals surface area contributed by atoms with Crippen LogP contribution in [0.4, 0.5) is 0 Å². The standard InChI is InChI=1S/C35H32N7PS2.Cu/c1-36-34(44)41-39-33(28-22-24-37-25-23-28)32(27-14-6-2-7-15-27)40-42-35(45)38-26-43(29-16-8-3-9-17-29,30-18-10-4-11-19-30)31-20-12-5-13-21-31;/h2-25H,26H2,1H3,(H3-,36,37,38,39,40,41,42,44,45);/q;+2/p-1. The molecule has 2 N–H and O–H groups in total. The Morgan fingerprint density at radius 3 is 1.39 bits per heavy atom. The topological polar surface area (TPSA) is 86.4 Å². The molecule has 7 nitrogen and oxygen atoms in total. The minimum atomic E-state index is -2.18. The first-order chi connectivity index (χ1) is 22.1. The molecule has 5 rings (SSSR count). The molecule has 0 atom stereocenters. The molecule has 0 aliphatic rings. The maximum absolute atomic E-state index is 5.80. The summed E-state index contributed by atoms with van der Waals surface area (Å²) in [7, 11) is -0.482. The van der Waals surface area contributed by atoms with Crippen molar-refractivity contribution in [3.8, 4) is 0 Å². The smallest absolute Gasteiger partial charge is 0.741 e. The average Bonchev–Trinajstić information content (AvgIpc) is 3.12. The molecule has 1 radical (unpaired) electrons. The third kappa shape index (κ3) is 8.49. The van der Waals surface area contributed by atoms with Gasteiger partial charge in [-0.3, -0.25) is 4.98 Å². The van der Waals surface area contributed by atoms with Gasteiger partial charge in [-0.1, -0.05) is 84.9 Å². The van der Waals surface area contributed by atoms with E-state index in [9.17, 15) is 0 Å². The quantitative estimate of drug-likeness (QED) is 0.0547. The van der Waals surface area contributed by atoms with Crippen LogP contribution in [0.25, 0.3) is 0 Å². The molecular weight excluding hydrogens is 677 g/mol. The number of nitrogens with zero attached hydrogens (tertiary/aromatic N) is 5. The van der Waals surface area contributed by atoms with Crippen LogP contribution in [-0.2, 0) is 42.3 Å². The Labute approximate surface area is 292 Å². The first kappa shape index (κ1) is 34.6. The van der Waals surface area contributed by atoms with Gasteiger partial charge < -0.3 is 35.9 Å². The van der Waals surface area contributed by atoms with E-state index in [2.05, 4.69) is 109 Å². The fourth-order valence-electron chi connectivity index (χ4n) is 4.82. The molecule has 11 heteroatoms. The summed E-state index contributed by atoms with van der Waals surface area (Å²) in [5.41, 5.74) is 2.52. The van der Waals surface area contributed by atoms with Gasteiger partial charge in [0.2, 0.25) is 0 Å². The van der Waals surface area contributed by atoms with Gasteiger partial charge in [-0.2, -0.15) is 10.2 Å². The first-order valence-electron chi connectivity index (χ1n) is 14.2. The minimum absolute atomic E-state index is 0. The Bertz CT molecular complexity index is 1690. The Kier molecular flexibility index (Phi) is 13.1. The van der Waals surface area contributed by atoms with Gasteiger partial charge in [-0.25, -0.2) is 0 Å². The molecule has 0 aliphatic heterocycles. The Morgan fingerprint density at radius 1 is 0.565 bits per heavy atom. The molecule has 0 aliphatic carbocycles. The van der Waals surface area contributed by atoms with E-state index in [1.807, 2.05) is 60.7 Å². The SMILES string of the molecule is CN/C([S-])=N/N=C(/C(=N/N=C(\[S-])NC[P+](c1ccccc1)(c1ccccc1)c1ccccc1)c1ccccc1)c1ccncc1.[Cu+2]. The number of nitrogens with one attached hydrogen (secondary N) is 2. The van der Waals surface area contributed by atoms with Gasteiger partial charge in [0.15, 0.2) is 0 Å². The summed E-state index contributed by atoms with van der Waals surface area (Å²) in [5, 5.41) is 28.4. The van der Waals surface area contributed by atoms with Crippen LogP contribution in [0, 0.1) is 0 Å². The molecule has 0 amide bonds. The van der Waals surface area contributed by atoms with Crippen LogP contribution in [0.1, 0.15) is 11.1 Å². The molecule has 1 aromatic heterocycles. The molecule has 0 fully saturated rings. The van der Waals surface area contributed by atoms with Crippen molar-refractivity contribution in [2.75, 3.05) is 13.3 Å². The molecule has 0 spiro atoms. The molecule has 0 bridgehead atoms. The van der Waals surface area contributed by atoms with Crippen molar-refractivity contribution in [3.63, 3.8) is 0 Å². The minimum Gasteiger partial charge on any atom is -0.741 e. The Morgan fingerprint density at radius 2 is 0.957 bits per heavy atom. The van der Waals surface area contributed by atoms with Gasteiger partial charge in [0, 0.05) is 35.7 Å². The number of rotatable bonds is 10. The van der Waals surface area contributed by atoms with Crippen molar-refractivity contribution in [2.24, 2.45) is 20.4 Å². The van der Waals surface area contributed by atoms with Crippen LogP contribution in [0.15, 0.2) is 166 Å². The summed E-state index contributed by atoms with van der Waals surface area (Å²) >= 11 is 11.0. The van der Waals surface area contributed by atoms with Crippen molar-refractivity contribution < 1.29 is 17.1 Å². The van der Waals surface area contributed by atoms with E-state index in [4.69, 9.17) is 25.3 Å². The number of pyridine rings is 1. The first-order valence-corrected chi connectivity index (χ1v) is 17.0. The summed E-state index contributed by atoms with van der Waals surface area (Å²) in [5.74, 6) is 0. The fraction of sp³-hybridized carbons (Fsp3) is 0.0571. The van der Waals surface area contributed by atoms with Crippen LogP contribution in [0.5, 0.6) is 0 Å². The third-order valence-electron chi connectivity index (χ3n) is 6.98. The molecular formula is C35H31CuN7PS2+. The number of hydrogen-bond donors (Lipinski definition) is 2. The van der Waals surface area contributed by atoms with E-state index in [-0.39, 0.29) is 27.4 Å². The van der Waals surface area contributed by atoms with Crippen LogP contribution in [0.2, 0.25) is 0 Å². The molecule has 1 heterocycles. The second-order valence-electron chi connectivity index (χ2n) is 9.71. The normalized spacial score (nSPS) is 12.6. The van der Waals surface area contributed by atoms with Gasteiger partial charge in [0.25, 0.3) is 0 Å². The zero-order valence-electron chi connectivity index (χ0n) is 24.9. The van der Waals surface area contributed by atoms with Crippen LogP contribution < -0.4 is 26.5 Å². The Hall–Kier alpha value is -4.30. The predicted molar refractivity (Wildman–Crippen MR) is 196 cm³/mol. The largest absolute Gasteiger partial charge is 2.00 e. The number of hydrogen-bond acceptors (Lipinski definition) is 7. The van der Waals surface area contributed by atoms with E-state index in [1.165, 1.54) is 15.9 Å². The van der Waals surface area contributed by atoms with Crippen molar-refractivity contribution in [3.05, 3.63) is 157 Å². The van der Waals surface area contributed by atoms with Crippen molar-refractivity contribution >= 4 is 70.2 Å². The van der Waals surface area contributed by atoms with Crippen LogP contribution >= 0.6 is 7.26 Å². The van der Waals surface area contributed by atoms with Crippen molar-refractivity contribution in [1.82, 2.24) is 15.6 Å². The summed E-state index contributed by atoms with van der Waals surface area (Å²) < 4.78 is 0. The van der Waals surface area contributed by atoms with Crippen molar-refractivity contribution in [2.45, 2.75) is 0 Å². The van der Waals surface area contributed by atoms with Crippen molar-refractivity contribution in [1.29, 1.82) is 0 Å². The van der Waals surface area contributed by atoms with E-state index in [1.54, 1.807) is 19.4 Å². The zero-order valence-corrected chi connectivity index (χ0v) is 28.3. The van der Waals surface area contributed by atoms with E-state index >= 15 is 0 Å². The zero-order chi connectivity index (χ0) is 31.3. The maximum atomic E-state index is 5.80. The fourth-order valence-corrected chi connectivity index (χ4v) is 8.95.